The van der Waals surface area contributed by atoms with Gasteiger partial charge in [-0.1, -0.05) is 18.5 Å². The van der Waals surface area contributed by atoms with Crippen LogP contribution >= 0.6 is 11.6 Å². The Kier molecular flexibility index (Phi) is 8.84. The molecule has 2 saturated carbocycles. The zero-order chi connectivity index (χ0) is 29.4. The molecule has 13 heteroatoms. The lowest BCUT2D eigenvalue weighted by Crippen LogP contribution is -2.55. The van der Waals surface area contributed by atoms with Gasteiger partial charge in [0.15, 0.2) is 27.3 Å². The molecule has 2 aliphatic carbocycles. The van der Waals surface area contributed by atoms with E-state index in [1.165, 1.54) is 12.1 Å². The van der Waals surface area contributed by atoms with Crippen molar-refractivity contribution >= 4 is 38.9 Å². The van der Waals surface area contributed by atoms with Gasteiger partial charge in [-0.3, -0.25) is 9.59 Å². The minimum absolute atomic E-state index is 0.00590. The maximum atomic E-state index is 13.8. The van der Waals surface area contributed by atoms with Crippen LogP contribution in [0.2, 0.25) is 5.02 Å². The molecule has 0 aromatic heterocycles. The number of aliphatic hydroxyl groups excluding tert-OH is 1. The van der Waals surface area contributed by atoms with E-state index in [1.54, 1.807) is 0 Å². The van der Waals surface area contributed by atoms with Crippen molar-refractivity contribution in [2.24, 2.45) is 17.8 Å². The van der Waals surface area contributed by atoms with E-state index in [-0.39, 0.29) is 65.4 Å². The van der Waals surface area contributed by atoms with E-state index in [2.05, 4.69) is 10.6 Å². The summed E-state index contributed by atoms with van der Waals surface area (Å²) in [5.74, 6) is -6.72. The summed E-state index contributed by atoms with van der Waals surface area (Å²) in [4.78, 5) is 24.5. The number of anilines is 1. The number of aliphatic hydroxyl groups is 2. The Hall–Kier alpha value is -2.67. The van der Waals surface area contributed by atoms with Crippen LogP contribution in [0.25, 0.3) is 0 Å². The first kappa shape index (κ1) is 30.3. The van der Waals surface area contributed by atoms with Crippen molar-refractivity contribution in [2.45, 2.75) is 54.8 Å². The lowest BCUT2D eigenvalue weighted by Gasteiger charge is -2.43. The predicted molar refractivity (Wildman–Crippen MR) is 141 cm³/mol. The Morgan fingerprint density at radius 2 is 1.77 bits per heavy atom. The van der Waals surface area contributed by atoms with Crippen LogP contribution in [-0.4, -0.2) is 54.4 Å². The third-order valence-corrected chi connectivity index (χ3v) is 10.7. The lowest BCUT2D eigenvalue weighted by atomic mass is 9.73. The Labute approximate surface area is 234 Å². The van der Waals surface area contributed by atoms with Crippen molar-refractivity contribution in [3.63, 3.8) is 0 Å². The summed E-state index contributed by atoms with van der Waals surface area (Å²) in [6, 6.07) is 4.75. The third-order valence-electron chi connectivity index (χ3n) is 8.07. The van der Waals surface area contributed by atoms with Gasteiger partial charge in [-0.15, -0.1) is 0 Å². The van der Waals surface area contributed by atoms with Crippen molar-refractivity contribution in [3.8, 4) is 0 Å². The number of amides is 2. The van der Waals surface area contributed by atoms with Crippen LogP contribution < -0.4 is 10.6 Å². The van der Waals surface area contributed by atoms with E-state index >= 15 is 0 Å². The Morgan fingerprint density at radius 3 is 2.40 bits per heavy atom. The minimum Gasteiger partial charge on any atom is -0.396 e. The van der Waals surface area contributed by atoms with Gasteiger partial charge >= 0.3 is 0 Å². The molecule has 2 bridgehead atoms. The molecule has 4 N–H and O–H groups in total. The van der Waals surface area contributed by atoms with Crippen LogP contribution in [0, 0.1) is 35.2 Å². The molecule has 2 aliphatic rings. The zero-order valence-electron chi connectivity index (χ0n) is 21.6. The molecule has 0 spiro atoms. The number of carbonyl (C=O) groups excluding carboxylic acids is 2. The second-order valence-electron chi connectivity index (χ2n) is 10.6. The first-order chi connectivity index (χ1) is 18.8. The van der Waals surface area contributed by atoms with E-state index in [1.807, 2.05) is 6.92 Å². The van der Waals surface area contributed by atoms with Gasteiger partial charge in [-0.2, -0.15) is 0 Å². The maximum Gasteiger partial charge on any atom is 0.255 e. The van der Waals surface area contributed by atoms with Gasteiger partial charge in [-0.05, 0) is 61.6 Å². The van der Waals surface area contributed by atoms with Crippen LogP contribution in [0.3, 0.4) is 0 Å². The molecule has 218 valence electrons. The normalized spacial score (nSPS) is 26.0. The average molecular weight is 603 g/mol. The van der Waals surface area contributed by atoms with Gasteiger partial charge in [0.25, 0.3) is 5.91 Å². The number of rotatable bonds is 9. The van der Waals surface area contributed by atoms with Gasteiger partial charge in [0, 0.05) is 43.0 Å². The summed E-state index contributed by atoms with van der Waals surface area (Å²) >= 11 is 6.26. The Morgan fingerprint density at radius 1 is 1.10 bits per heavy atom. The van der Waals surface area contributed by atoms with Crippen molar-refractivity contribution < 1.29 is 41.4 Å². The molecular formula is C27H30ClF3N2O6S. The summed E-state index contributed by atoms with van der Waals surface area (Å²) in [6.45, 7) is 1.77. The molecule has 2 unspecified atom stereocenters. The number of benzene rings is 2. The fourth-order valence-electron chi connectivity index (χ4n) is 6.02. The van der Waals surface area contributed by atoms with Crippen LogP contribution in [0.15, 0.2) is 35.2 Å². The summed E-state index contributed by atoms with van der Waals surface area (Å²) in [5.41, 5.74) is -1.80. The van der Waals surface area contributed by atoms with E-state index in [0.29, 0.717) is 25.0 Å². The topological polar surface area (TPSA) is 133 Å². The molecule has 0 heterocycles. The van der Waals surface area contributed by atoms with Crippen molar-refractivity contribution in [3.05, 3.63) is 58.4 Å². The first-order valence-electron chi connectivity index (χ1n) is 12.9. The third kappa shape index (κ3) is 5.86. The van der Waals surface area contributed by atoms with Crippen molar-refractivity contribution in [1.82, 2.24) is 5.32 Å². The SMILES string of the molecule is C[C@H]1CC2C[C@@H](S(=O)(=O)c3cc(C(=O)Nc4cc(F)c(F)c(F)c4)ccc3Cl)CC1[C@@]2(O)CNC(=O)CCCO. The predicted octanol–water partition coefficient (Wildman–Crippen LogP) is 3.84. The smallest absolute Gasteiger partial charge is 0.255 e. The summed E-state index contributed by atoms with van der Waals surface area (Å²) in [7, 11) is -4.09. The highest BCUT2D eigenvalue weighted by atomic mass is 35.5. The molecule has 2 aromatic carbocycles. The monoisotopic (exact) mass is 602 g/mol. The zero-order valence-corrected chi connectivity index (χ0v) is 23.2. The van der Waals surface area contributed by atoms with E-state index < -0.39 is 55.9 Å². The van der Waals surface area contributed by atoms with Crippen LogP contribution in [0.1, 0.15) is 49.4 Å². The summed E-state index contributed by atoms with van der Waals surface area (Å²) < 4.78 is 67.9. The molecule has 0 aliphatic heterocycles. The molecule has 0 saturated heterocycles. The number of hydrogen-bond donors (Lipinski definition) is 4. The first-order valence-corrected chi connectivity index (χ1v) is 14.8. The molecule has 2 aromatic rings. The quantitative estimate of drug-likeness (QED) is 0.323. The Bertz CT molecular complexity index is 1400. The van der Waals surface area contributed by atoms with Gasteiger partial charge in [-0.25, -0.2) is 21.6 Å². The average Bonchev–Trinajstić information content (AvgIpc) is 3.01. The number of halogens is 4. The molecule has 40 heavy (non-hydrogen) atoms. The summed E-state index contributed by atoms with van der Waals surface area (Å²) in [6.07, 6.45) is 1.21. The molecule has 8 nitrogen and oxygen atoms in total. The lowest BCUT2D eigenvalue weighted by molar-refractivity contribution is -0.124. The van der Waals surface area contributed by atoms with Crippen LogP contribution in [0.4, 0.5) is 18.9 Å². The molecule has 2 fully saturated rings. The number of sulfone groups is 1. The highest BCUT2D eigenvalue weighted by molar-refractivity contribution is 7.92. The fourth-order valence-corrected chi connectivity index (χ4v) is 8.39. The maximum absolute atomic E-state index is 13.8. The molecule has 0 radical (unpaired) electrons. The second-order valence-corrected chi connectivity index (χ2v) is 13.2. The van der Waals surface area contributed by atoms with Gasteiger partial charge in [0.05, 0.1) is 20.8 Å². The second kappa shape index (κ2) is 11.7. The van der Waals surface area contributed by atoms with Gasteiger partial charge < -0.3 is 20.8 Å². The fraction of sp³-hybridized carbons (Fsp3) is 0.481. The number of nitrogens with one attached hydrogen (secondary N) is 2. The van der Waals surface area contributed by atoms with E-state index in [9.17, 15) is 36.3 Å². The molecule has 4 rings (SSSR count). The molecule has 2 amide bonds. The van der Waals surface area contributed by atoms with Gasteiger partial charge in [0.2, 0.25) is 5.91 Å². The number of fused-ring (bicyclic) bond motifs is 2. The largest absolute Gasteiger partial charge is 0.396 e. The molecule has 5 atom stereocenters. The Balaban J connectivity index is 1.53. The standard InChI is InChI=1S/C27H30ClF3N2O6S/c1-14-7-16-9-18(12-19(14)27(16,37)13-32-24(35)3-2-6-34)40(38,39)23-8-15(4-5-20(23)28)26(36)33-17-10-21(29)25(31)22(30)11-17/h4-5,8,10-11,14,16,18-19,34,37H,2-3,6-7,9,12-13H2,1H3,(H,32,35)(H,33,36)/t14-,16?,18+,19?,27+/m0/s1. The highest BCUT2D eigenvalue weighted by Gasteiger charge is 2.58. The summed E-state index contributed by atoms with van der Waals surface area (Å²) in [5, 5.41) is 24.3. The van der Waals surface area contributed by atoms with Crippen LogP contribution in [0.5, 0.6) is 0 Å². The number of carbonyl (C=O) groups is 2. The van der Waals surface area contributed by atoms with Crippen molar-refractivity contribution in [2.75, 3.05) is 18.5 Å². The van der Waals surface area contributed by atoms with Crippen molar-refractivity contribution in [1.29, 1.82) is 0 Å². The number of hydrogen-bond acceptors (Lipinski definition) is 6. The van der Waals surface area contributed by atoms with Gasteiger partial charge in [0.1, 0.15) is 0 Å². The van der Waals surface area contributed by atoms with E-state index in [4.69, 9.17) is 16.7 Å². The minimum atomic E-state index is -4.09. The highest BCUT2D eigenvalue weighted by Crippen LogP contribution is 2.54. The molecular weight excluding hydrogens is 573 g/mol. The van der Waals surface area contributed by atoms with E-state index in [0.717, 1.165) is 6.07 Å². The van der Waals surface area contributed by atoms with Crippen LogP contribution in [-0.2, 0) is 14.6 Å².